The van der Waals surface area contributed by atoms with Gasteiger partial charge in [-0.3, -0.25) is 0 Å². The summed E-state index contributed by atoms with van der Waals surface area (Å²) in [7, 11) is -1.11. The highest BCUT2D eigenvalue weighted by Gasteiger charge is 2.22. The summed E-state index contributed by atoms with van der Waals surface area (Å²) < 4.78 is 15.8. The number of hydrogen-bond acceptors (Lipinski definition) is 2. The minimum Gasteiger partial charge on any atom is -0.398 e. The first-order valence-electron chi connectivity index (χ1n) is 5.86. The lowest BCUT2D eigenvalue weighted by Crippen LogP contribution is -2.35. The van der Waals surface area contributed by atoms with Gasteiger partial charge in [0.25, 0.3) is 0 Å². The summed E-state index contributed by atoms with van der Waals surface area (Å²) in [4.78, 5) is 0. The number of benzene rings is 1. The summed E-state index contributed by atoms with van der Waals surface area (Å²) in [5, 5.41) is 0. The maximum atomic E-state index is 12.1. The van der Waals surface area contributed by atoms with Gasteiger partial charge in [0.15, 0.2) is 0 Å². The van der Waals surface area contributed by atoms with E-state index in [1.165, 1.54) is 0 Å². The molecule has 0 saturated carbocycles. The fourth-order valence-corrected chi connectivity index (χ4v) is 2.93. The Morgan fingerprint density at radius 1 is 1.39 bits per heavy atom. The van der Waals surface area contributed by atoms with Crippen molar-refractivity contribution in [1.82, 2.24) is 4.72 Å². The van der Waals surface area contributed by atoms with Crippen molar-refractivity contribution in [3.05, 3.63) is 27.7 Å². The number of nitrogens with one attached hydrogen (secondary N) is 1. The Balaban J connectivity index is 2.98. The third-order valence-electron chi connectivity index (χ3n) is 2.61. The largest absolute Gasteiger partial charge is 0.398 e. The van der Waals surface area contributed by atoms with Crippen LogP contribution in [0.25, 0.3) is 0 Å². The summed E-state index contributed by atoms with van der Waals surface area (Å²) in [6.45, 7) is 9.82. The van der Waals surface area contributed by atoms with Crippen molar-refractivity contribution in [3.63, 3.8) is 0 Å². The minimum absolute atomic E-state index is 0.0544. The van der Waals surface area contributed by atoms with Crippen LogP contribution in [-0.2, 0) is 11.0 Å². The predicted molar refractivity (Wildman–Crippen MR) is 82.7 cm³/mol. The molecular formula is C13H21BrN2OS. The number of rotatable bonds is 3. The molecule has 1 rings (SSSR count). The highest BCUT2D eigenvalue weighted by Crippen LogP contribution is 2.30. The van der Waals surface area contributed by atoms with E-state index in [1.807, 2.05) is 46.8 Å². The van der Waals surface area contributed by atoms with E-state index >= 15 is 0 Å². The Kier molecular flexibility index (Phi) is 4.98. The van der Waals surface area contributed by atoms with Crippen molar-refractivity contribution in [3.8, 4) is 0 Å². The van der Waals surface area contributed by atoms with Crippen molar-refractivity contribution in [2.75, 3.05) is 5.73 Å². The van der Waals surface area contributed by atoms with E-state index in [1.54, 1.807) is 0 Å². The summed E-state index contributed by atoms with van der Waals surface area (Å²) in [6.07, 6.45) is 0. The van der Waals surface area contributed by atoms with Gasteiger partial charge in [0, 0.05) is 10.5 Å². The van der Waals surface area contributed by atoms with Crippen LogP contribution >= 0.6 is 15.9 Å². The van der Waals surface area contributed by atoms with E-state index in [0.29, 0.717) is 5.69 Å². The second-order valence-corrected chi connectivity index (χ2v) is 8.32. The maximum absolute atomic E-state index is 12.1. The van der Waals surface area contributed by atoms with Gasteiger partial charge >= 0.3 is 0 Å². The van der Waals surface area contributed by atoms with Gasteiger partial charge in [-0.25, -0.2) is 8.93 Å². The van der Waals surface area contributed by atoms with E-state index < -0.39 is 11.0 Å². The van der Waals surface area contributed by atoms with Crippen LogP contribution in [-0.4, -0.2) is 8.96 Å². The number of anilines is 1. The summed E-state index contributed by atoms with van der Waals surface area (Å²) in [6, 6.07) is 3.95. The van der Waals surface area contributed by atoms with Crippen LogP contribution in [0.1, 0.15) is 44.9 Å². The van der Waals surface area contributed by atoms with Gasteiger partial charge in [-0.1, -0.05) is 6.07 Å². The second kappa shape index (κ2) is 5.72. The smallest absolute Gasteiger partial charge is 0.0975 e. The molecule has 0 aromatic heterocycles. The molecule has 1 aromatic rings. The molecule has 3 N–H and O–H groups in total. The van der Waals surface area contributed by atoms with Gasteiger partial charge < -0.3 is 5.73 Å². The van der Waals surface area contributed by atoms with Crippen LogP contribution < -0.4 is 10.5 Å². The van der Waals surface area contributed by atoms with Gasteiger partial charge in [-0.15, -0.1) is 0 Å². The first kappa shape index (κ1) is 15.7. The van der Waals surface area contributed by atoms with Gasteiger partial charge in [0.2, 0.25) is 0 Å². The maximum Gasteiger partial charge on any atom is 0.0975 e. The van der Waals surface area contributed by atoms with Crippen molar-refractivity contribution in [2.45, 2.75) is 45.4 Å². The molecule has 0 bridgehead atoms. The lowest BCUT2D eigenvalue weighted by Gasteiger charge is -2.23. The molecule has 5 heteroatoms. The van der Waals surface area contributed by atoms with Crippen LogP contribution in [0.5, 0.6) is 0 Å². The first-order valence-corrected chi connectivity index (χ1v) is 7.80. The summed E-state index contributed by atoms with van der Waals surface area (Å²) in [5.74, 6) is 0. The van der Waals surface area contributed by atoms with E-state index in [2.05, 4.69) is 20.7 Å². The predicted octanol–water partition coefficient (Wildman–Crippen LogP) is 3.45. The molecule has 3 nitrogen and oxygen atoms in total. The molecule has 0 spiro atoms. The first-order chi connectivity index (χ1) is 8.12. The average Bonchev–Trinajstić information content (AvgIpc) is 2.21. The minimum atomic E-state index is -1.11. The quantitative estimate of drug-likeness (QED) is 0.833. The molecular weight excluding hydrogens is 312 g/mol. The normalized spacial score (nSPS) is 15.4. The molecule has 1 unspecified atom stereocenters. The zero-order valence-electron chi connectivity index (χ0n) is 11.5. The molecule has 102 valence electrons. The number of hydrogen-bond donors (Lipinski definition) is 2. The Bertz CT molecular complexity index is 469. The van der Waals surface area contributed by atoms with Crippen LogP contribution in [0.15, 0.2) is 16.6 Å². The standard InChI is InChI=1S/C13H21BrN2OS/c1-8-6-10(12(15)11(14)7-8)9(2)16-18(17)13(3,4)5/h6-7,9,16H,15H2,1-5H3/t9-,18?/m1/s1. The fourth-order valence-electron chi connectivity index (χ4n) is 1.54. The lowest BCUT2D eigenvalue weighted by molar-refractivity contribution is 0.616. The zero-order valence-corrected chi connectivity index (χ0v) is 13.9. The zero-order chi connectivity index (χ0) is 14.1. The van der Waals surface area contributed by atoms with Gasteiger partial charge in [-0.05, 0) is 67.7 Å². The van der Waals surface area contributed by atoms with Crippen molar-refractivity contribution < 1.29 is 4.21 Å². The van der Waals surface area contributed by atoms with Crippen molar-refractivity contribution in [1.29, 1.82) is 0 Å². The molecule has 0 heterocycles. The summed E-state index contributed by atoms with van der Waals surface area (Å²) in [5.41, 5.74) is 8.85. The van der Waals surface area contributed by atoms with Gasteiger partial charge in [0.1, 0.15) is 0 Å². The molecule has 0 saturated heterocycles. The van der Waals surface area contributed by atoms with Crippen molar-refractivity contribution in [2.24, 2.45) is 0 Å². The van der Waals surface area contributed by atoms with E-state index in [9.17, 15) is 4.21 Å². The monoisotopic (exact) mass is 332 g/mol. The Hall–Kier alpha value is -0.390. The van der Waals surface area contributed by atoms with E-state index in [4.69, 9.17) is 5.73 Å². The molecule has 1 aromatic carbocycles. The van der Waals surface area contributed by atoms with Crippen LogP contribution in [0.2, 0.25) is 0 Å². The van der Waals surface area contributed by atoms with Crippen LogP contribution in [0, 0.1) is 6.92 Å². The molecule has 2 atom stereocenters. The fraction of sp³-hybridized carbons (Fsp3) is 0.538. The number of nitrogens with two attached hydrogens (primary N) is 1. The lowest BCUT2D eigenvalue weighted by atomic mass is 10.0. The number of halogens is 1. The van der Waals surface area contributed by atoms with Crippen molar-refractivity contribution >= 4 is 32.6 Å². The molecule has 0 aliphatic rings. The van der Waals surface area contributed by atoms with Crippen LogP contribution in [0.4, 0.5) is 5.69 Å². The highest BCUT2D eigenvalue weighted by atomic mass is 79.9. The summed E-state index contributed by atoms with van der Waals surface area (Å²) >= 11 is 3.44. The Morgan fingerprint density at radius 3 is 2.44 bits per heavy atom. The van der Waals surface area contributed by atoms with E-state index in [0.717, 1.165) is 15.6 Å². The molecule has 0 aliphatic carbocycles. The Labute approximate surface area is 120 Å². The third-order valence-corrected chi connectivity index (χ3v) is 4.95. The molecule has 18 heavy (non-hydrogen) atoms. The second-order valence-electron chi connectivity index (χ2n) is 5.47. The van der Waals surface area contributed by atoms with Crippen LogP contribution in [0.3, 0.4) is 0 Å². The molecule has 0 fully saturated rings. The topological polar surface area (TPSA) is 55.1 Å². The number of aryl methyl sites for hydroxylation is 1. The van der Waals surface area contributed by atoms with Gasteiger partial charge in [-0.2, -0.15) is 0 Å². The molecule has 0 aliphatic heterocycles. The SMILES string of the molecule is Cc1cc(Br)c(N)c([C@@H](C)NS(=O)C(C)(C)C)c1. The average molecular weight is 333 g/mol. The third kappa shape index (κ3) is 3.80. The van der Waals surface area contributed by atoms with Gasteiger partial charge in [0.05, 0.1) is 21.4 Å². The Morgan fingerprint density at radius 2 is 1.94 bits per heavy atom. The molecule has 0 amide bonds. The molecule has 0 radical (unpaired) electrons. The highest BCUT2D eigenvalue weighted by molar-refractivity contribution is 9.10. The number of nitrogen functional groups attached to an aromatic ring is 1. The van der Waals surface area contributed by atoms with E-state index in [-0.39, 0.29) is 10.8 Å².